The second kappa shape index (κ2) is 8.38. The molecule has 0 bridgehead atoms. The van der Waals surface area contributed by atoms with Gasteiger partial charge in [-0.25, -0.2) is 0 Å². The van der Waals surface area contributed by atoms with Gasteiger partial charge in [0.25, 0.3) is 0 Å². The van der Waals surface area contributed by atoms with Crippen LogP contribution in [0.4, 0.5) is 0 Å². The van der Waals surface area contributed by atoms with Gasteiger partial charge >= 0.3 is 0 Å². The lowest BCUT2D eigenvalue weighted by Gasteiger charge is -2.18. The first-order valence-electron chi connectivity index (χ1n) is 6.42. The van der Waals surface area contributed by atoms with Crippen LogP contribution in [0.15, 0.2) is 18.2 Å². The van der Waals surface area contributed by atoms with Crippen molar-refractivity contribution in [3.8, 4) is 5.75 Å². The van der Waals surface area contributed by atoms with Crippen LogP contribution in [0, 0.1) is 0 Å². The minimum atomic E-state index is -0.550. The molecule has 0 aliphatic rings. The minimum Gasteiger partial charge on any atom is -0.487 e. The van der Waals surface area contributed by atoms with Crippen LogP contribution >= 0.6 is 11.6 Å². The van der Waals surface area contributed by atoms with Gasteiger partial charge in [-0.2, -0.15) is 0 Å². The van der Waals surface area contributed by atoms with Crippen molar-refractivity contribution in [3.05, 3.63) is 28.8 Å². The Morgan fingerprint density at radius 1 is 1.21 bits per heavy atom. The fourth-order valence-corrected chi connectivity index (χ4v) is 1.81. The minimum absolute atomic E-state index is 0.273. The lowest BCUT2D eigenvalue weighted by Crippen LogP contribution is -2.25. The van der Waals surface area contributed by atoms with Crippen LogP contribution in [-0.4, -0.2) is 31.2 Å². The summed E-state index contributed by atoms with van der Waals surface area (Å²) in [6, 6.07) is 5.21. The molecular formula is C14H21ClO4. The molecule has 0 spiro atoms. The Morgan fingerprint density at radius 3 is 2.32 bits per heavy atom. The van der Waals surface area contributed by atoms with Gasteiger partial charge in [-0.05, 0) is 38.5 Å². The van der Waals surface area contributed by atoms with Crippen molar-refractivity contribution in [2.75, 3.05) is 19.8 Å². The summed E-state index contributed by atoms with van der Waals surface area (Å²) in [5.74, 6) is 0.551. The van der Waals surface area contributed by atoms with Crippen LogP contribution in [0.1, 0.15) is 32.4 Å². The summed E-state index contributed by atoms with van der Waals surface area (Å²) in [5.41, 5.74) is 0.753. The Hall–Kier alpha value is -0.810. The Bertz CT molecular complexity index is 376. The largest absolute Gasteiger partial charge is 0.487 e. The summed E-state index contributed by atoms with van der Waals surface area (Å²) in [4.78, 5) is 0. The van der Waals surface area contributed by atoms with E-state index in [9.17, 15) is 5.11 Å². The van der Waals surface area contributed by atoms with Gasteiger partial charge in [-0.1, -0.05) is 17.7 Å². The monoisotopic (exact) mass is 288 g/mol. The molecule has 5 heteroatoms. The molecule has 0 unspecified atom stereocenters. The van der Waals surface area contributed by atoms with E-state index in [2.05, 4.69) is 0 Å². The third-order valence-corrected chi connectivity index (χ3v) is 2.81. The number of hydrogen-bond donors (Lipinski definition) is 1. The first-order chi connectivity index (χ1) is 9.08. The number of ether oxygens (including phenoxy) is 3. The van der Waals surface area contributed by atoms with Crippen molar-refractivity contribution < 1.29 is 19.3 Å². The normalized spacial score (nSPS) is 12.7. The molecule has 1 rings (SSSR count). The predicted octanol–water partition coefficient (Wildman–Crippen LogP) is 3.17. The third-order valence-electron chi connectivity index (χ3n) is 2.52. The quantitative estimate of drug-likeness (QED) is 0.747. The van der Waals surface area contributed by atoms with E-state index in [1.54, 1.807) is 25.1 Å². The number of aliphatic hydroxyl groups is 1. The molecule has 0 saturated heterocycles. The van der Waals surface area contributed by atoms with Crippen LogP contribution in [0.5, 0.6) is 5.75 Å². The molecule has 1 aromatic rings. The van der Waals surface area contributed by atoms with Crippen LogP contribution in [0.2, 0.25) is 5.02 Å². The zero-order chi connectivity index (χ0) is 14.3. The van der Waals surface area contributed by atoms with Crippen molar-refractivity contribution in [1.29, 1.82) is 0 Å². The van der Waals surface area contributed by atoms with E-state index in [0.29, 0.717) is 24.0 Å². The molecule has 1 aromatic carbocycles. The molecule has 108 valence electrons. The summed E-state index contributed by atoms with van der Waals surface area (Å²) < 4.78 is 16.3. The molecule has 1 atom stereocenters. The van der Waals surface area contributed by atoms with Gasteiger partial charge in [-0.15, -0.1) is 0 Å². The molecule has 4 nitrogen and oxygen atoms in total. The smallest absolute Gasteiger partial charge is 0.191 e. The van der Waals surface area contributed by atoms with E-state index < -0.39 is 12.4 Å². The van der Waals surface area contributed by atoms with E-state index in [0.717, 1.165) is 5.56 Å². The average Bonchev–Trinajstić information content (AvgIpc) is 2.37. The number of aliphatic hydroxyl groups excluding tert-OH is 1. The SMILES string of the molecule is CCOC(COc1ccc([C@H](C)O)cc1Cl)OCC. The van der Waals surface area contributed by atoms with Crippen molar-refractivity contribution >= 4 is 11.6 Å². The Labute approximate surface area is 119 Å². The second-order valence-electron chi connectivity index (χ2n) is 4.02. The van der Waals surface area contributed by atoms with Gasteiger partial charge in [0.05, 0.1) is 11.1 Å². The third kappa shape index (κ3) is 5.37. The number of hydrogen-bond acceptors (Lipinski definition) is 4. The first kappa shape index (κ1) is 16.2. The molecule has 0 amide bonds. The number of benzene rings is 1. The Morgan fingerprint density at radius 2 is 1.84 bits per heavy atom. The maximum Gasteiger partial charge on any atom is 0.191 e. The Balaban J connectivity index is 2.61. The van der Waals surface area contributed by atoms with E-state index in [-0.39, 0.29) is 6.61 Å². The van der Waals surface area contributed by atoms with E-state index in [4.69, 9.17) is 25.8 Å². The maximum atomic E-state index is 9.46. The molecular weight excluding hydrogens is 268 g/mol. The molecule has 19 heavy (non-hydrogen) atoms. The van der Waals surface area contributed by atoms with E-state index in [1.165, 1.54) is 0 Å². The van der Waals surface area contributed by atoms with E-state index >= 15 is 0 Å². The fourth-order valence-electron chi connectivity index (χ4n) is 1.57. The molecule has 0 aliphatic carbocycles. The van der Waals surface area contributed by atoms with Crippen LogP contribution in [-0.2, 0) is 9.47 Å². The molecule has 1 N–H and O–H groups in total. The lowest BCUT2D eigenvalue weighted by atomic mass is 10.1. The van der Waals surface area contributed by atoms with Crippen molar-refractivity contribution in [3.63, 3.8) is 0 Å². The van der Waals surface area contributed by atoms with Gasteiger partial charge in [-0.3, -0.25) is 0 Å². The fraction of sp³-hybridized carbons (Fsp3) is 0.571. The van der Waals surface area contributed by atoms with E-state index in [1.807, 2.05) is 13.8 Å². The second-order valence-corrected chi connectivity index (χ2v) is 4.42. The van der Waals surface area contributed by atoms with Gasteiger partial charge in [0.2, 0.25) is 0 Å². The first-order valence-corrected chi connectivity index (χ1v) is 6.79. The summed E-state index contributed by atoms with van der Waals surface area (Å²) >= 11 is 6.09. The summed E-state index contributed by atoms with van der Waals surface area (Å²) in [7, 11) is 0. The Kier molecular flexibility index (Phi) is 7.16. The topological polar surface area (TPSA) is 47.9 Å². The highest BCUT2D eigenvalue weighted by Gasteiger charge is 2.11. The standard InChI is InChI=1S/C14H21ClO4/c1-4-17-14(18-5-2)9-19-13-7-6-11(10(3)16)8-12(13)15/h6-8,10,14,16H,4-5,9H2,1-3H3/t10-/m0/s1. The maximum absolute atomic E-state index is 9.46. The summed E-state index contributed by atoms with van der Waals surface area (Å²) in [6.07, 6.45) is -0.950. The zero-order valence-electron chi connectivity index (χ0n) is 11.6. The van der Waals surface area contributed by atoms with Gasteiger partial charge in [0.15, 0.2) is 6.29 Å². The molecule has 0 aliphatic heterocycles. The van der Waals surface area contributed by atoms with Crippen LogP contribution in [0.25, 0.3) is 0 Å². The number of rotatable bonds is 8. The highest BCUT2D eigenvalue weighted by atomic mass is 35.5. The van der Waals surface area contributed by atoms with Crippen LogP contribution in [0.3, 0.4) is 0 Å². The molecule has 0 saturated carbocycles. The van der Waals surface area contributed by atoms with Crippen molar-refractivity contribution in [1.82, 2.24) is 0 Å². The lowest BCUT2D eigenvalue weighted by molar-refractivity contribution is -0.152. The molecule has 0 fully saturated rings. The highest BCUT2D eigenvalue weighted by Crippen LogP contribution is 2.28. The molecule has 0 heterocycles. The van der Waals surface area contributed by atoms with Gasteiger partial charge < -0.3 is 19.3 Å². The predicted molar refractivity (Wildman–Crippen MR) is 74.6 cm³/mol. The van der Waals surface area contributed by atoms with Gasteiger partial charge in [0, 0.05) is 13.2 Å². The van der Waals surface area contributed by atoms with Crippen molar-refractivity contribution in [2.45, 2.75) is 33.2 Å². The van der Waals surface area contributed by atoms with Crippen LogP contribution < -0.4 is 4.74 Å². The molecule has 0 radical (unpaired) electrons. The zero-order valence-corrected chi connectivity index (χ0v) is 12.3. The highest BCUT2D eigenvalue weighted by molar-refractivity contribution is 6.32. The average molecular weight is 289 g/mol. The number of halogens is 1. The van der Waals surface area contributed by atoms with Gasteiger partial charge in [0.1, 0.15) is 12.4 Å². The summed E-state index contributed by atoms with van der Waals surface area (Å²) in [5, 5.41) is 9.92. The summed E-state index contributed by atoms with van der Waals surface area (Å²) in [6.45, 7) is 6.88. The molecule has 0 aromatic heterocycles. The van der Waals surface area contributed by atoms with Crippen molar-refractivity contribution in [2.24, 2.45) is 0 Å².